The van der Waals surface area contributed by atoms with E-state index in [9.17, 15) is 0 Å². The molecule has 0 N–H and O–H groups in total. The molecule has 0 atom stereocenters. The Kier molecular flexibility index (Phi) is 13.7. The van der Waals surface area contributed by atoms with Crippen LogP contribution in [0.1, 0.15) is 11.1 Å². The lowest BCUT2D eigenvalue weighted by Gasteiger charge is -1.88. The second-order valence-corrected chi connectivity index (χ2v) is 4.36. The van der Waals surface area contributed by atoms with Gasteiger partial charge in [0.05, 0.1) is 0 Å². The quantitative estimate of drug-likeness (QED) is 0.351. The van der Waals surface area contributed by atoms with Crippen LogP contribution < -0.4 is 0 Å². The van der Waals surface area contributed by atoms with Gasteiger partial charge in [0.1, 0.15) is 0 Å². The van der Waals surface area contributed by atoms with Crippen LogP contribution in [-0.4, -0.2) is 4.93 Å². The summed E-state index contributed by atoms with van der Waals surface area (Å²) in [6.07, 6.45) is 0. The molecule has 0 unspecified atom stereocenters. The maximum Gasteiger partial charge on any atom is 0.0283 e. The van der Waals surface area contributed by atoms with Gasteiger partial charge in [-0.15, -0.1) is 0 Å². The summed E-state index contributed by atoms with van der Waals surface area (Å²) >= 11 is 8.86. The Morgan fingerprint density at radius 1 is 0.667 bits per heavy atom. The van der Waals surface area contributed by atoms with Crippen molar-refractivity contribution in [3.63, 3.8) is 0 Å². The van der Waals surface area contributed by atoms with E-state index in [1.807, 2.05) is 41.3 Å². The molecule has 0 nitrogen and oxygen atoms in total. The van der Waals surface area contributed by atoms with Gasteiger partial charge in [0.25, 0.3) is 0 Å². The average molecular weight is 484 g/mol. The zero-order chi connectivity index (χ0) is 13.6. The van der Waals surface area contributed by atoms with Crippen molar-refractivity contribution in [1.82, 2.24) is 0 Å². The van der Waals surface area contributed by atoms with Gasteiger partial charge >= 0.3 is 0 Å². The average Bonchev–Trinajstić information content (AvgIpc) is 2.51. The van der Waals surface area contributed by atoms with Gasteiger partial charge in [0.2, 0.25) is 0 Å². The summed E-state index contributed by atoms with van der Waals surface area (Å²) in [5, 5.41) is 1.90. The van der Waals surface area contributed by atoms with Crippen molar-refractivity contribution < 1.29 is 0 Å². The first kappa shape index (κ1) is 18.1. The minimum absolute atomic E-state index is 0.952. The minimum Gasteiger partial charge on any atom is -0.0901 e. The second kappa shape index (κ2) is 13.6. The molecule has 2 rings (SSSR count). The van der Waals surface area contributed by atoms with Gasteiger partial charge < -0.3 is 0 Å². The van der Waals surface area contributed by atoms with Crippen molar-refractivity contribution in [2.45, 2.75) is 10.7 Å². The van der Waals surface area contributed by atoms with Crippen LogP contribution in [0.5, 0.6) is 0 Å². The van der Waals surface area contributed by atoms with E-state index in [0.717, 1.165) is 10.7 Å². The Balaban J connectivity index is 0.000000283. The molecule has 0 aliphatic carbocycles. The van der Waals surface area contributed by atoms with Crippen LogP contribution in [0.15, 0.2) is 60.7 Å². The highest BCUT2D eigenvalue weighted by Gasteiger charge is 1.82. The molecule has 0 spiro atoms. The van der Waals surface area contributed by atoms with Gasteiger partial charge in [-0.05, 0) is 16.1 Å². The lowest BCUT2D eigenvalue weighted by atomic mass is 10.2. The van der Waals surface area contributed by atoms with E-state index < -0.39 is 0 Å². The highest BCUT2D eigenvalue weighted by molar-refractivity contribution is 14.1. The van der Waals surface area contributed by atoms with Crippen LogP contribution in [-0.2, 0) is 10.7 Å². The van der Waals surface area contributed by atoms with Gasteiger partial charge in [-0.25, -0.2) is 0 Å². The largest absolute Gasteiger partial charge is 0.0901 e. The predicted molar refractivity (Wildman–Crippen MR) is 98.1 cm³/mol. The smallest absolute Gasteiger partial charge is 0.0283 e. The standard InChI is InChI=1S/2C7H7Br.CH3I/c2*8-6-7-4-2-1-3-5-7;1-2/h2*1-5H,6H2;1H3. The maximum absolute atomic E-state index is 3.36. The third kappa shape index (κ3) is 9.11. The van der Waals surface area contributed by atoms with E-state index in [1.54, 1.807) is 0 Å². The van der Waals surface area contributed by atoms with Gasteiger partial charge in [-0.3, -0.25) is 0 Å². The molecular formula is C15H17Br2I. The molecule has 0 saturated heterocycles. The van der Waals surface area contributed by atoms with E-state index in [4.69, 9.17) is 0 Å². The summed E-state index contributed by atoms with van der Waals surface area (Å²) in [6.45, 7) is 0. The van der Waals surface area contributed by atoms with Crippen LogP contribution in [0.4, 0.5) is 0 Å². The topological polar surface area (TPSA) is 0 Å². The molecule has 0 fully saturated rings. The monoisotopic (exact) mass is 482 g/mol. The van der Waals surface area contributed by atoms with E-state index in [0.29, 0.717) is 0 Å². The fourth-order valence-electron chi connectivity index (χ4n) is 1.13. The highest BCUT2D eigenvalue weighted by atomic mass is 127. The van der Waals surface area contributed by atoms with Crippen LogP contribution >= 0.6 is 54.5 Å². The van der Waals surface area contributed by atoms with Crippen LogP contribution in [0.3, 0.4) is 0 Å². The zero-order valence-corrected chi connectivity index (χ0v) is 15.7. The van der Waals surface area contributed by atoms with E-state index in [1.165, 1.54) is 11.1 Å². The molecule has 0 aromatic heterocycles. The fourth-order valence-corrected chi connectivity index (χ4v) is 1.88. The Bertz CT molecular complexity index is 337. The number of alkyl halides is 3. The summed E-state index contributed by atoms with van der Waals surface area (Å²) in [5.74, 6) is 0. The van der Waals surface area contributed by atoms with Crippen molar-refractivity contribution in [3.8, 4) is 0 Å². The van der Waals surface area contributed by atoms with Gasteiger partial charge in [0.15, 0.2) is 0 Å². The number of hydrogen-bond acceptors (Lipinski definition) is 0. The Labute approximate surface area is 141 Å². The number of halogens is 3. The minimum atomic E-state index is 0.952. The number of benzene rings is 2. The van der Waals surface area contributed by atoms with E-state index >= 15 is 0 Å². The normalized spacial score (nSPS) is 8.44. The first-order chi connectivity index (χ1) is 8.86. The third-order valence-corrected chi connectivity index (χ3v) is 3.29. The molecule has 0 heterocycles. The molecule has 3 heteroatoms. The van der Waals surface area contributed by atoms with E-state index in [-0.39, 0.29) is 0 Å². The van der Waals surface area contributed by atoms with Crippen LogP contribution in [0.2, 0.25) is 0 Å². The molecule has 0 bridgehead atoms. The molecule has 0 saturated carbocycles. The zero-order valence-electron chi connectivity index (χ0n) is 10.3. The lowest BCUT2D eigenvalue weighted by molar-refractivity contribution is 1.44. The molecule has 0 amide bonds. The summed E-state index contributed by atoms with van der Waals surface area (Å²) < 4.78 is 0. The Hall–Kier alpha value is 0.130. The van der Waals surface area contributed by atoms with Gasteiger partial charge in [0, 0.05) is 10.7 Å². The fraction of sp³-hybridized carbons (Fsp3) is 0.200. The van der Waals surface area contributed by atoms with Crippen LogP contribution in [0, 0.1) is 0 Å². The molecular weight excluding hydrogens is 467 g/mol. The summed E-state index contributed by atoms with van der Waals surface area (Å²) in [5.41, 5.74) is 2.65. The Morgan fingerprint density at radius 2 is 0.944 bits per heavy atom. The van der Waals surface area contributed by atoms with Gasteiger partial charge in [-0.1, -0.05) is 115 Å². The molecule has 0 aliphatic rings. The molecule has 18 heavy (non-hydrogen) atoms. The lowest BCUT2D eigenvalue weighted by Crippen LogP contribution is -1.70. The van der Waals surface area contributed by atoms with E-state index in [2.05, 4.69) is 78.7 Å². The number of hydrogen-bond donors (Lipinski definition) is 0. The molecule has 2 aromatic carbocycles. The molecule has 98 valence electrons. The summed E-state index contributed by atoms with van der Waals surface area (Å²) in [6, 6.07) is 20.6. The molecule has 0 radical (unpaired) electrons. The van der Waals surface area contributed by atoms with Crippen molar-refractivity contribution >= 4 is 54.5 Å². The van der Waals surface area contributed by atoms with Crippen molar-refractivity contribution in [2.75, 3.05) is 4.93 Å². The van der Waals surface area contributed by atoms with Crippen LogP contribution in [0.25, 0.3) is 0 Å². The summed E-state index contributed by atoms with van der Waals surface area (Å²) in [4.78, 5) is 1.97. The van der Waals surface area contributed by atoms with Gasteiger partial charge in [-0.2, -0.15) is 0 Å². The highest BCUT2D eigenvalue weighted by Crippen LogP contribution is 2.03. The maximum atomic E-state index is 3.36. The van der Waals surface area contributed by atoms with Crippen molar-refractivity contribution in [2.24, 2.45) is 0 Å². The van der Waals surface area contributed by atoms with Crippen molar-refractivity contribution in [3.05, 3.63) is 71.8 Å². The second-order valence-electron chi connectivity index (χ2n) is 3.24. The Morgan fingerprint density at radius 3 is 1.11 bits per heavy atom. The molecule has 0 aliphatic heterocycles. The number of rotatable bonds is 2. The SMILES string of the molecule is BrCc1ccccc1.BrCc1ccccc1.CI. The predicted octanol–water partition coefficient (Wildman–Crippen LogP) is 6.21. The summed E-state index contributed by atoms with van der Waals surface area (Å²) in [7, 11) is 0. The third-order valence-electron chi connectivity index (χ3n) is 1.99. The first-order valence-corrected chi connectivity index (χ1v) is 9.84. The van der Waals surface area contributed by atoms with Crippen molar-refractivity contribution in [1.29, 1.82) is 0 Å². The first-order valence-electron chi connectivity index (χ1n) is 5.44. The molecule has 2 aromatic rings.